The Morgan fingerprint density at radius 2 is 1.91 bits per heavy atom. The summed E-state index contributed by atoms with van der Waals surface area (Å²) in [6.07, 6.45) is 0.531. The number of aryl methyl sites for hydroxylation is 1. The summed E-state index contributed by atoms with van der Waals surface area (Å²) in [4.78, 5) is 34.6. The maximum atomic E-state index is 12.2. The van der Waals surface area contributed by atoms with E-state index in [1.54, 1.807) is 43.7 Å². The minimum atomic E-state index is -4.52. The van der Waals surface area contributed by atoms with Gasteiger partial charge in [0.2, 0.25) is 0 Å². The van der Waals surface area contributed by atoms with Crippen LogP contribution in [0.5, 0.6) is 0 Å². The molecule has 0 fully saturated rings. The predicted octanol–water partition coefficient (Wildman–Crippen LogP) is 1.89. The standard InChI is InChI=1S/C20H26N2O9S/c1-20(2,3)31-19(26)22-32(27,28)21-15(18(24)25)10-16-14-7-5-12(6-8-17(23)29-4)9-13(14)11-30-16/h5,7,9,11,15,21H,6,8,10H2,1-4H3,(H,22,26)(H,24,25). The monoisotopic (exact) mass is 470 g/mol. The van der Waals surface area contributed by atoms with Crippen LogP contribution in [0.2, 0.25) is 0 Å². The van der Waals surface area contributed by atoms with E-state index in [0.29, 0.717) is 17.2 Å². The SMILES string of the molecule is COC(=O)CCc1ccc2c(CC(NS(=O)(=O)NC(=O)OC(C)(C)C)C(=O)O)occ2c1. The van der Waals surface area contributed by atoms with Gasteiger partial charge in [0.15, 0.2) is 0 Å². The van der Waals surface area contributed by atoms with Crippen LogP contribution in [0.3, 0.4) is 0 Å². The molecule has 0 spiro atoms. The first-order valence-electron chi connectivity index (χ1n) is 9.61. The molecule has 11 nitrogen and oxygen atoms in total. The van der Waals surface area contributed by atoms with Crippen LogP contribution in [0.25, 0.3) is 10.8 Å². The van der Waals surface area contributed by atoms with Crippen molar-refractivity contribution in [2.45, 2.75) is 51.7 Å². The number of aliphatic carboxylic acids is 1. The van der Waals surface area contributed by atoms with Crippen LogP contribution >= 0.6 is 0 Å². The van der Waals surface area contributed by atoms with Crippen LogP contribution in [-0.4, -0.2) is 50.3 Å². The molecule has 2 aromatic rings. The number of methoxy groups -OCH3 is 1. The van der Waals surface area contributed by atoms with Gasteiger partial charge in [-0.1, -0.05) is 12.1 Å². The molecule has 32 heavy (non-hydrogen) atoms. The molecule has 0 aliphatic heterocycles. The van der Waals surface area contributed by atoms with Gasteiger partial charge in [0.1, 0.15) is 17.4 Å². The predicted molar refractivity (Wildman–Crippen MR) is 113 cm³/mol. The zero-order valence-corrected chi connectivity index (χ0v) is 18.9. The van der Waals surface area contributed by atoms with Crippen molar-refractivity contribution in [2.24, 2.45) is 0 Å². The van der Waals surface area contributed by atoms with Gasteiger partial charge in [-0.15, -0.1) is 0 Å². The van der Waals surface area contributed by atoms with E-state index in [1.807, 2.05) is 4.72 Å². The highest BCUT2D eigenvalue weighted by Crippen LogP contribution is 2.24. The summed E-state index contributed by atoms with van der Waals surface area (Å²) in [5.41, 5.74) is -0.0819. The molecule has 12 heteroatoms. The molecule has 0 radical (unpaired) electrons. The van der Waals surface area contributed by atoms with Crippen LogP contribution in [0.4, 0.5) is 4.79 Å². The summed E-state index contributed by atoms with van der Waals surface area (Å²) < 4.78 is 42.8. The summed E-state index contributed by atoms with van der Waals surface area (Å²) in [5, 5.41) is 10.7. The molecule has 176 valence electrons. The van der Waals surface area contributed by atoms with Gasteiger partial charge < -0.3 is 19.0 Å². The minimum Gasteiger partial charge on any atom is -0.480 e. The lowest BCUT2D eigenvalue weighted by atomic mass is 10.0. The van der Waals surface area contributed by atoms with Gasteiger partial charge in [0.05, 0.1) is 13.4 Å². The number of fused-ring (bicyclic) bond motifs is 1. The van der Waals surface area contributed by atoms with E-state index in [2.05, 4.69) is 4.74 Å². The van der Waals surface area contributed by atoms with Gasteiger partial charge in [0, 0.05) is 23.6 Å². The first-order valence-corrected chi connectivity index (χ1v) is 11.1. The first kappa shape index (κ1) is 25.1. The molecule has 0 saturated carbocycles. The molecule has 1 atom stereocenters. The van der Waals surface area contributed by atoms with Gasteiger partial charge in [0.25, 0.3) is 0 Å². The van der Waals surface area contributed by atoms with Crippen molar-refractivity contribution in [1.29, 1.82) is 0 Å². The number of carbonyl (C=O) groups excluding carboxylic acids is 2. The fourth-order valence-electron chi connectivity index (χ4n) is 2.81. The van der Waals surface area contributed by atoms with Crippen LogP contribution in [0, 0.1) is 0 Å². The topological polar surface area (TPSA) is 161 Å². The second-order valence-electron chi connectivity index (χ2n) is 7.98. The van der Waals surface area contributed by atoms with Crippen LogP contribution in [0.1, 0.15) is 38.5 Å². The highest BCUT2D eigenvalue weighted by Gasteiger charge is 2.29. The Hall–Kier alpha value is -3.12. The Morgan fingerprint density at radius 1 is 1.22 bits per heavy atom. The summed E-state index contributed by atoms with van der Waals surface area (Å²) in [6.45, 7) is 4.65. The lowest BCUT2D eigenvalue weighted by Crippen LogP contribution is -2.49. The zero-order valence-electron chi connectivity index (χ0n) is 18.1. The first-order chi connectivity index (χ1) is 14.8. The number of nitrogens with one attached hydrogen (secondary N) is 2. The molecule has 0 aliphatic rings. The number of hydrogen-bond acceptors (Lipinski definition) is 8. The van der Waals surface area contributed by atoms with Crippen LogP contribution in [0.15, 0.2) is 28.9 Å². The van der Waals surface area contributed by atoms with Crippen molar-refractivity contribution in [2.75, 3.05) is 7.11 Å². The lowest BCUT2D eigenvalue weighted by Gasteiger charge is -2.20. The van der Waals surface area contributed by atoms with E-state index >= 15 is 0 Å². The molecule has 1 amide bonds. The molecule has 0 aliphatic carbocycles. The summed E-state index contributed by atoms with van der Waals surface area (Å²) in [5.74, 6) is -1.56. The van der Waals surface area contributed by atoms with Gasteiger partial charge in [-0.05, 0) is 38.8 Å². The Labute approximate surface area is 185 Å². The minimum absolute atomic E-state index is 0.209. The second-order valence-corrected chi connectivity index (χ2v) is 9.42. The fourth-order valence-corrected chi connectivity index (χ4v) is 3.69. The number of hydrogen-bond donors (Lipinski definition) is 3. The Kier molecular flexibility index (Phi) is 7.86. The van der Waals surface area contributed by atoms with Crippen molar-refractivity contribution in [3.05, 3.63) is 35.8 Å². The number of ether oxygens (including phenoxy) is 2. The number of benzene rings is 1. The number of esters is 1. The van der Waals surface area contributed by atoms with Crippen molar-refractivity contribution < 1.29 is 41.8 Å². The smallest absolute Gasteiger partial charge is 0.422 e. The zero-order chi connectivity index (χ0) is 24.1. The lowest BCUT2D eigenvalue weighted by molar-refractivity contribution is -0.140. The molecular formula is C20H26N2O9S. The maximum Gasteiger partial charge on any atom is 0.422 e. The molecule has 1 unspecified atom stereocenters. The number of furan rings is 1. The molecule has 1 heterocycles. The number of amides is 1. The van der Waals surface area contributed by atoms with Crippen LogP contribution in [-0.2, 0) is 42.1 Å². The third-order valence-electron chi connectivity index (χ3n) is 4.19. The molecule has 0 bridgehead atoms. The van der Waals surface area contributed by atoms with Crippen molar-refractivity contribution in [1.82, 2.24) is 9.44 Å². The fraction of sp³-hybridized carbons (Fsp3) is 0.450. The van der Waals surface area contributed by atoms with Gasteiger partial charge in [-0.2, -0.15) is 13.1 Å². The van der Waals surface area contributed by atoms with Crippen molar-refractivity contribution >= 4 is 39.0 Å². The highest BCUT2D eigenvalue weighted by molar-refractivity contribution is 7.88. The van der Waals surface area contributed by atoms with Crippen molar-refractivity contribution in [3.63, 3.8) is 0 Å². The average molecular weight is 471 g/mol. The summed E-state index contributed by atoms with van der Waals surface area (Å²) >= 11 is 0. The molecule has 3 N–H and O–H groups in total. The Bertz CT molecular complexity index is 1100. The third-order valence-corrected chi connectivity index (χ3v) is 5.22. The maximum absolute atomic E-state index is 12.2. The van der Waals surface area contributed by atoms with Gasteiger partial charge in [-0.3, -0.25) is 9.59 Å². The molecular weight excluding hydrogens is 444 g/mol. The van der Waals surface area contributed by atoms with Gasteiger partial charge in [-0.25, -0.2) is 9.52 Å². The molecule has 2 rings (SSSR count). The van der Waals surface area contributed by atoms with Gasteiger partial charge >= 0.3 is 28.2 Å². The highest BCUT2D eigenvalue weighted by atomic mass is 32.2. The van der Waals surface area contributed by atoms with E-state index in [-0.39, 0.29) is 24.6 Å². The summed E-state index contributed by atoms with van der Waals surface area (Å²) in [6, 6.07) is 3.64. The average Bonchev–Trinajstić information content (AvgIpc) is 3.05. The van der Waals surface area contributed by atoms with E-state index in [1.165, 1.54) is 13.4 Å². The van der Waals surface area contributed by atoms with E-state index in [0.717, 1.165) is 5.56 Å². The Morgan fingerprint density at radius 3 is 2.50 bits per heavy atom. The second kappa shape index (κ2) is 10.0. The van der Waals surface area contributed by atoms with E-state index in [9.17, 15) is 27.9 Å². The normalized spacial score (nSPS) is 12.9. The molecule has 1 aromatic heterocycles. The van der Waals surface area contributed by atoms with E-state index in [4.69, 9.17) is 9.15 Å². The summed E-state index contributed by atoms with van der Waals surface area (Å²) in [7, 11) is -3.21. The molecule has 0 saturated heterocycles. The Balaban J connectivity index is 2.13. The van der Waals surface area contributed by atoms with E-state index < -0.39 is 33.9 Å². The molecule has 1 aromatic carbocycles. The number of carboxylic acid groups (broad SMARTS) is 1. The van der Waals surface area contributed by atoms with Crippen molar-refractivity contribution in [3.8, 4) is 0 Å². The number of carboxylic acids is 1. The van der Waals surface area contributed by atoms with Crippen LogP contribution < -0.4 is 9.44 Å². The number of carbonyl (C=O) groups is 3. The third kappa shape index (κ3) is 7.54. The quantitative estimate of drug-likeness (QED) is 0.465. The number of rotatable bonds is 9. The largest absolute Gasteiger partial charge is 0.480 e.